The maximum absolute atomic E-state index is 13.8. The first-order valence-corrected chi connectivity index (χ1v) is 5.61. The zero-order chi connectivity index (χ0) is 13.0. The lowest BCUT2D eigenvalue weighted by Gasteiger charge is -2.09. The van der Waals surface area contributed by atoms with Crippen molar-refractivity contribution in [3.8, 4) is 11.1 Å². The third-order valence-corrected chi connectivity index (χ3v) is 2.58. The minimum atomic E-state index is -0.603. The van der Waals surface area contributed by atoms with Crippen LogP contribution in [0.15, 0.2) is 55.1 Å². The van der Waals surface area contributed by atoms with E-state index in [9.17, 15) is 8.78 Å². The van der Waals surface area contributed by atoms with Crippen molar-refractivity contribution in [1.29, 1.82) is 0 Å². The monoisotopic (exact) mass is 245 g/mol. The van der Waals surface area contributed by atoms with Gasteiger partial charge in [-0.15, -0.1) is 6.58 Å². The van der Waals surface area contributed by atoms with Gasteiger partial charge in [0.1, 0.15) is 11.6 Å². The second-order valence-corrected chi connectivity index (χ2v) is 3.85. The van der Waals surface area contributed by atoms with Gasteiger partial charge in [0.05, 0.1) is 5.69 Å². The molecule has 0 aliphatic heterocycles. The molecule has 0 heterocycles. The number of halogens is 2. The van der Waals surface area contributed by atoms with Crippen LogP contribution in [0.1, 0.15) is 0 Å². The van der Waals surface area contributed by atoms with E-state index in [0.29, 0.717) is 12.1 Å². The molecular formula is C15H13F2N. The Morgan fingerprint density at radius 2 is 1.78 bits per heavy atom. The van der Waals surface area contributed by atoms with Gasteiger partial charge in [-0.05, 0) is 11.6 Å². The summed E-state index contributed by atoms with van der Waals surface area (Å²) in [7, 11) is 0. The first kappa shape index (κ1) is 12.3. The largest absolute Gasteiger partial charge is 0.379 e. The lowest BCUT2D eigenvalue weighted by atomic mass is 10.0. The Hall–Kier alpha value is -2.16. The predicted molar refractivity (Wildman–Crippen MR) is 70.5 cm³/mol. The van der Waals surface area contributed by atoms with Crippen LogP contribution in [0.2, 0.25) is 0 Å². The highest BCUT2D eigenvalue weighted by atomic mass is 19.1. The lowest BCUT2D eigenvalue weighted by Crippen LogP contribution is -2.01. The summed E-state index contributed by atoms with van der Waals surface area (Å²) in [4.78, 5) is 0. The first-order valence-electron chi connectivity index (χ1n) is 5.61. The van der Waals surface area contributed by atoms with E-state index >= 15 is 0 Å². The van der Waals surface area contributed by atoms with Crippen molar-refractivity contribution in [2.24, 2.45) is 0 Å². The van der Waals surface area contributed by atoms with Crippen LogP contribution >= 0.6 is 0 Å². The molecule has 0 amide bonds. The van der Waals surface area contributed by atoms with Gasteiger partial charge in [0.15, 0.2) is 0 Å². The summed E-state index contributed by atoms with van der Waals surface area (Å²) in [5.74, 6) is -1.17. The molecule has 0 aromatic heterocycles. The second-order valence-electron chi connectivity index (χ2n) is 3.85. The molecule has 0 aliphatic rings. The fraction of sp³-hybridized carbons (Fsp3) is 0.0667. The molecule has 18 heavy (non-hydrogen) atoms. The van der Waals surface area contributed by atoms with Crippen LogP contribution < -0.4 is 5.32 Å². The molecule has 2 aromatic carbocycles. The molecule has 0 bridgehead atoms. The van der Waals surface area contributed by atoms with Crippen LogP contribution in [0.4, 0.5) is 14.5 Å². The molecule has 92 valence electrons. The van der Waals surface area contributed by atoms with E-state index in [2.05, 4.69) is 11.9 Å². The van der Waals surface area contributed by atoms with E-state index in [-0.39, 0.29) is 5.69 Å². The van der Waals surface area contributed by atoms with Crippen LogP contribution in [0.5, 0.6) is 0 Å². The molecule has 0 atom stereocenters. The van der Waals surface area contributed by atoms with Crippen molar-refractivity contribution in [2.75, 3.05) is 11.9 Å². The normalized spacial score (nSPS) is 10.1. The van der Waals surface area contributed by atoms with Crippen molar-refractivity contribution >= 4 is 5.69 Å². The summed E-state index contributed by atoms with van der Waals surface area (Å²) in [6, 6.07) is 11.4. The zero-order valence-electron chi connectivity index (χ0n) is 9.79. The third kappa shape index (κ3) is 2.56. The molecule has 0 saturated heterocycles. The zero-order valence-corrected chi connectivity index (χ0v) is 9.79. The van der Waals surface area contributed by atoms with Crippen LogP contribution in [0.25, 0.3) is 11.1 Å². The van der Waals surface area contributed by atoms with Crippen LogP contribution in [-0.2, 0) is 0 Å². The van der Waals surface area contributed by atoms with E-state index in [1.54, 1.807) is 18.2 Å². The van der Waals surface area contributed by atoms with Gasteiger partial charge in [-0.2, -0.15) is 0 Å². The molecule has 2 aromatic rings. The number of nitrogens with one attached hydrogen (secondary N) is 1. The SMILES string of the molecule is C=CCNc1cc(-c2ccccc2)c(F)cc1F. The molecule has 0 radical (unpaired) electrons. The van der Waals surface area contributed by atoms with E-state index in [1.807, 2.05) is 18.2 Å². The smallest absolute Gasteiger partial charge is 0.149 e. The molecule has 0 aliphatic carbocycles. The fourth-order valence-electron chi connectivity index (χ4n) is 1.71. The minimum absolute atomic E-state index is 0.273. The topological polar surface area (TPSA) is 12.0 Å². The number of hydrogen-bond acceptors (Lipinski definition) is 1. The average Bonchev–Trinajstić information content (AvgIpc) is 2.39. The number of rotatable bonds is 4. The van der Waals surface area contributed by atoms with E-state index in [0.717, 1.165) is 11.6 Å². The predicted octanol–water partition coefficient (Wildman–Crippen LogP) is 4.23. The maximum atomic E-state index is 13.8. The van der Waals surface area contributed by atoms with Crippen molar-refractivity contribution in [1.82, 2.24) is 0 Å². The molecular weight excluding hydrogens is 232 g/mol. The molecule has 1 N–H and O–H groups in total. The van der Waals surface area contributed by atoms with E-state index in [4.69, 9.17) is 0 Å². The Labute approximate surface area is 105 Å². The average molecular weight is 245 g/mol. The lowest BCUT2D eigenvalue weighted by molar-refractivity contribution is 0.587. The Bertz CT molecular complexity index is 550. The highest BCUT2D eigenvalue weighted by molar-refractivity contribution is 5.69. The highest BCUT2D eigenvalue weighted by Gasteiger charge is 2.10. The Morgan fingerprint density at radius 1 is 1.06 bits per heavy atom. The van der Waals surface area contributed by atoms with Gasteiger partial charge in [-0.3, -0.25) is 0 Å². The molecule has 0 fully saturated rings. The number of anilines is 1. The second kappa shape index (κ2) is 5.45. The molecule has 0 unspecified atom stereocenters. The van der Waals surface area contributed by atoms with Crippen molar-refractivity contribution in [2.45, 2.75) is 0 Å². The summed E-state index contributed by atoms with van der Waals surface area (Å²) < 4.78 is 27.3. The minimum Gasteiger partial charge on any atom is -0.379 e. The van der Waals surface area contributed by atoms with Gasteiger partial charge in [0.25, 0.3) is 0 Å². The van der Waals surface area contributed by atoms with Gasteiger partial charge < -0.3 is 5.32 Å². The van der Waals surface area contributed by atoms with Crippen molar-refractivity contribution < 1.29 is 8.78 Å². The Balaban J connectivity index is 2.44. The summed E-state index contributed by atoms with van der Waals surface area (Å²) in [6.45, 7) is 3.97. The van der Waals surface area contributed by atoms with Gasteiger partial charge in [0, 0.05) is 18.2 Å². The van der Waals surface area contributed by atoms with Gasteiger partial charge in [0.2, 0.25) is 0 Å². The van der Waals surface area contributed by atoms with Crippen LogP contribution in [0.3, 0.4) is 0 Å². The van der Waals surface area contributed by atoms with E-state index < -0.39 is 11.6 Å². The summed E-state index contributed by atoms with van der Waals surface area (Å²) in [5.41, 5.74) is 1.37. The summed E-state index contributed by atoms with van der Waals surface area (Å²) in [6.07, 6.45) is 1.62. The summed E-state index contributed by atoms with van der Waals surface area (Å²) >= 11 is 0. The first-order chi connectivity index (χ1) is 8.72. The number of benzene rings is 2. The van der Waals surface area contributed by atoms with Crippen molar-refractivity contribution in [3.05, 3.63) is 66.8 Å². The molecule has 3 heteroatoms. The highest BCUT2D eigenvalue weighted by Crippen LogP contribution is 2.27. The molecule has 2 rings (SSSR count). The molecule has 0 spiro atoms. The van der Waals surface area contributed by atoms with Crippen molar-refractivity contribution in [3.63, 3.8) is 0 Å². The van der Waals surface area contributed by atoms with Gasteiger partial charge >= 0.3 is 0 Å². The van der Waals surface area contributed by atoms with Gasteiger partial charge in [-0.25, -0.2) is 8.78 Å². The standard InChI is InChI=1S/C15H13F2N/c1-2-8-18-15-9-12(13(16)10-14(15)17)11-6-4-3-5-7-11/h2-7,9-10,18H,1,8H2. The van der Waals surface area contributed by atoms with Crippen LogP contribution in [-0.4, -0.2) is 6.54 Å². The molecule has 1 nitrogen and oxygen atoms in total. The van der Waals surface area contributed by atoms with E-state index in [1.165, 1.54) is 6.07 Å². The van der Waals surface area contributed by atoms with Crippen LogP contribution in [0, 0.1) is 11.6 Å². The number of hydrogen-bond donors (Lipinski definition) is 1. The Morgan fingerprint density at radius 3 is 2.44 bits per heavy atom. The quantitative estimate of drug-likeness (QED) is 0.795. The van der Waals surface area contributed by atoms with Gasteiger partial charge in [-0.1, -0.05) is 36.4 Å². The fourth-order valence-corrected chi connectivity index (χ4v) is 1.71. The Kier molecular flexibility index (Phi) is 3.72. The summed E-state index contributed by atoms with van der Waals surface area (Å²) in [5, 5.41) is 2.84. The molecule has 0 saturated carbocycles. The third-order valence-electron chi connectivity index (χ3n) is 2.58. The maximum Gasteiger partial charge on any atom is 0.149 e.